The summed E-state index contributed by atoms with van der Waals surface area (Å²) < 4.78 is 10.7. The minimum atomic E-state index is 0. The lowest BCUT2D eigenvalue weighted by Gasteiger charge is -2.36. The molecule has 2 rings (SSSR count). The molecule has 0 aromatic rings. The molecule has 0 spiro atoms. The number of rotatable bonds is 10. The van der Waals surface area contributed by atoms with Gasteiger partial charge in [-0.15, -0.1) is 24.0 Å². The smallest absolute Gasteiger partial charge is 0.191 e. The van der Waals surface area contributed by atoms with E-state index in [1.54, 1.807) is 7.11 Å². The van der Waals surface area contributed by atoms with E-state index in [0.717, 1.165) is 71.0 Å². The van der Waals surface area contributed by atoms with E-state index in [1.165, 1.54) is 25.9 Å². The van der Waals surface area contributed by atoms with Crippen LogP contribution >= 0.6 is 24.0 Å². The molecule has 8 heteroatoms. The molecular weight excluding hydrogens is 481 g/mol. The third-order valence-corrected chi connectivity index (χ3v) is 5.94. The van der Waals surface area contributed by atoms with Gasteiger partial charge in [0.2, 0.25) is 0 Å². The van der Waals surface area contributed by atoms with Crippen LogP contribution in [0.15, 0.2) is 4.99 Å². The van der Waals surface area contributed by atoms with Crippen LogP contribution in [0.4, 0.5) is 0 Å². The first kappa shape index (κ1) is 26.9. The molecule has 172 valence electrons. The molecule has 0 aromatic heterocycles. The number of hydrogen-bond acceptors (Lipinski definition) is 5. The van der Waals surface area contributed by atoms with Crippen LogP contribution in [-0.4, -0.2) is 101 Å². The molecule has 2 aliphatic heterocycles. The number of guanidine groups is 1. The molecule has 0 aromatic carbocycles. The predicted molar refractivity (Wildman–Crippen MR) is 131 cm³/mol. The fourth-order valence-electron chi connectivity index (χ4n) is 4.06. The SMILES string of the molecule is CCNC(=NCC(C(C)C)N1CCOCC1)NCC1CCN(CCOC)CC1.I. The molecule has 1 atom stereocenters. The van der Waals surface area contributed by atoms with E-state index in [1.807, 2.05) is 0 Å². The van der Waals surface area contributed by atoms with E-state index < -0.39 is 0 Å². The zero-order chi connectivity index (χ0) is 20.2. The lowest BCUT2D eigenvalue weighted by atomic mass is 9.97. The second kappa shape index (κ2) is 15.6. The molecule has 0 bridgehead atoms. The number of ether oxygens (including phenoxy) is 2. The summed E-state index contributed by atoms with van der Waals surface area (Å²) in [6.45, 7) is 17.4. The predicted octanol–water partition coefficient (Wildman–Crippen LogP) is 1.87. The van der Waals surface area contributed by atoms with Crippen molar-refractivity contribution in [1.29, 1.82) is 0 Å². The molecule has 0 radical (unpaired) electrons. The second-order valence-corrected chi connectivity index (χ2v) is 8.34. The van der Waals surface area contributed by atoms with Gasteiger partial charge in [0, 0.05) is 45.9 Å². The van der Waals surface area contributed by atoms with Crippen LogP contribution in [0.3, 0.4) is 0 Å². The maximum atomic E-state index is 5.52. The Balaban J connectivity index is 0.00000420. The second-order valence-electron chi connectivity index (χ2n) is 8.34. The zero-order valence-electron chi connectivity index (χ0n) is 19.0. The molecule has 0 saturated carbocycles. The molecule has 29 heavy (non-hydrogen) atoms. The zero-order valence-corrected chi connectivity index (χ0v) is 21.3. The van der Waals surface area contributed by atoms with Crippen molar-refractivity contribution in [2.45, 2.75) is 39.7 Å². The average Bonchev–Trinajstić information content (AvgIpc) is 2.72. The lowest BCUT2D eigenvalue weighted by Crippen LogP contribution is -2.48. The molecule has 7 nitrogen and oxygen atoms in total. The third-order valence-electron chi connectivity index (χ3n) is 5.94. The summed E-state index contributed by atoms with van der Waals surface area (Å²) in [6, 6.07) is 0.475. The van der Waals surface area contributed by atoms with Gasteiger partial charge in [-0.2, -0.15) is 0 Å². The van der Waals surface area contributed by atoms with Gasteiger partial charge in [0.25, 0.3) is 0 Å². The van der Waals surface area contributed by atoms with Gasteiger partial charge in [-0.05, 0) is 44.7 Å². The highest BCUT2D eigenvalue weighted by atomic mass is 127. The highest BCUT2D eigenvalue weighted by Gasteiger charge is 2.24. The van der Waals surface area contributed by atoms with Crippen LogP contribution in [0.25, 0.3) is 0 Å². The van der Waals surface area contributed by atoms with Gasteiger partial charge in [-0.3, -0.25) is 9.89 Å². The number of morpholine rings is 1. The Bertz CT molecular complexity index is 439. The van der Waals surface area contributed by atoms with Crippen molar-refractivity contribution in [1.82, 2.24) is 20.4 Å². The summed E-state index contributed by atoms with van der Waals surface area (Å²) in [4.78, 5) is 9.98. The van der Waals surface area contributed by atoms with Crippen LogP contribution in [0.1, 0.15) is 33.6 Å². The molecular formula is C21H44IN5O2. The van der Waals surface area contributed by atoms with Gasteiger partial charge < -0.3 is 25.0 Å². The first-order chi connectivity index (χ1) is 13.6. The van der Waals surface area contributed by atoms with Crippen molar-refractivity contribution in [2.75, 3.05) is 79.3 Å². The molecule has 2 aliphatic rings. The number of nitrogens with one attached hydrogen (secondary N) is 2. The standard InChI is InChI=1S/C21H43N5O2.HI/c1-5-22-21(23-16-19-6-8-25(9-7-19)10-13-27-4)24-17-20(18(2)3)26-11-14-28-15-12-26;/h18-20H,5-17H2,1-4H3,(H2,22,23,24);1H. The van der Waals surface area contributed by atoms with Crippen molar-refractivity contribution in [2.24, 2.45) is 16.8 Å². The fourth-order valence-corrected chi connectivity index (χ4v) is 4.06. The number of methoxy groups -OCH3 is 1. The van der Waals surface area contributed by atoms with E-state index in [9.17, 15) is 0 Å². The molecule has 1 unspecified atom stereocenters. The van der Waals surface area contributed by atoms with Gasteiger partial charge in [-0.1, -0.05) is 13.8 Å². The third kappa shape index (κ3) is 10.1. The largest absolute Gasteiger partial charge is 0.383 e. The van der Waals surface area contributed by atoms with E-state index >= 15 is 0 Å². The topological polar surface area (TPSA) is 61.4 Å². The minimum Gasteiger partial charge on any atom is -0.383 e. The normalized spacial score (nSPS) is 21.1. The van der Waals surface area contributed by atoms with E-state index in [0.29, 0.717) is 12.0 Å². The number of halogens is 1. The number of likely N-dealkylation sites (tertiary alicyclic amines) is 1. The van der Waals surface area contributed by atoms with Crippen LogP contribution < -0.4 is 10.6 Å². The highest BCUT2D eigenvalue weighted by Crippen LogP contribution is 2.16. The summed E-state index contributed by atoms with van der Waals surface area (Å²) in [5.74, 6) is 2.27. The Morgan fingerprint density at radius 2 is 1.83 bits per heavy atom. The Morgan fingerprint density at radius 3 is 2.41 bits per heavy atom. The summed E-state index contributed by atoms with van der Waals surface area (Å²) in [5, 5.41) is 7.02. The van der Waals surface area contributed by atoms with Crippen LogP contribution in [0, 0.1) is 11.8 Å². The van der Waals surface area contributed by atoms with Crippen molar-refractivity contribution < 1.29 is 9.47 Å². The van der Waals surface area contributed by atoms with Gasteiger partial charge in [-0.25, -0.2) is 0 Å². The minimum absolute atomic E-state index is 0. The van der Waals surface area contributed by atoms with Gasteiger partial charge in [0.05, 0.1) is 26.4 Å². The summed E-state index contributed by atoms with van der Waals surface area (Å²) in [5.41, 5.74) is 0. The first-order valence-corrected chi connectivity index (χ1v) is 11.2. The molecule has 2 fully saturated rings. The van der Waals surface area contributed by atoms with E-state index in [-0.39, 0.29) is 24.0 Å². The summed E-state index contributed by atoms with van der Waals surface area (Å²) in [7, 11) is 1.78. The Hall–Kier alpha value is -0.160. The Kier molecular flexibility index (Phi) is 14.5. The molecule has 0 amide bonds. The maximum absolute atomic E-state index is 5.52. The molecule has 2 N–H and O–H groups in total. The Labute approximate surface area is 195 Å². The van der Waals surface area contributed by atoms with Gasteiger partial charge >= 0.3 is 0 Å². The summed E-state index contributed by atoms with van der Waals surface area (Å²) >= 11 is 0. The highest BCUT2D eigenvalue weighted by molar-refractivity contribution is 14.0. The average molecular weight is 526 g/mol. The monoisotopic (exact) mass is 525 g/mol. The quantitative estimate of drug-likeness (QED) is 0.258. The number of nitrogens with zero attached hydrogens (tertiary/aromatic N) is 3. The van der Waals surface area contributed by atoms with Gasteiger partial charge in [0.15, 0.2) is 5.96 Å². The molecule has 0 aliphatic carbocycles. The number of aliphatic imine (C=N–C) groups is 1. The molecule has 2 saturated heterocycles. The van der Waals surface area contributed by atoms with Crippen LogP contribution in [0.2, 0.25) is 0 Å². The molecule has 2 heterocycles. The van der Waals surface area contributed by atoms with Crippen molar-refractivity contribution in [3.05, 3.63) is 0 Å². The first-order valence-electron chi connectivity index (χ1n) is 11.2. The van der Waals surface area contributed by atoms with E-state index in [4.69, 9.17) is 14.5 Å². The Morgan fingerprint density at radius 1 is 1.14 bits per heavy atom. The van der Waals surface area contributed by atoms with Crippen LogP contribution in [0.5, 0.6) is 0 Å². The van der Waals surface area contributed by atoms with Crippen molar-refractivity contribution in [3.8, 4) is 0 Å². The van der Waals surface area contributed by atoms with Crippen LogP contribution in [-0.2, 0) is 9.47 Å². The van der Waals surface area contributed by atoms with E-state index in [2.05, 4.69) is 41.2 Å². The van der Waals surface area contributed by atoms with Crippen molar-refractivity contribution >= 4 is 29.9 Å². The fraction of sp³-hybridized carbons (Fsp3) is 0.952. The maximum Gasteiger partial charge on any atom is 0.191 e. The number of piperidine rings is 1. The van der Waals surface area contributed by atoms with Crippen molar-refractivity contribution in [3.63, 3.8) is 0 Å². The van der Waals surface area contributed by atoms with Gasteiger partial charge in [0.1, 0.15) is 0 Å². The lowest BCUT2D eigenvalue weighted by molar-refractivity contribution is 0.00867. The number of hydrogen-bond donors (Lipinski definition) is 2. The summed E-state index contributed by atoms with van der Waals surface area (Å²) in [6.07, 6.45) is 2.50.